The maximum absolute atomic E-state index is 10.1. The third-order valence-corrected chi connectivity index (χ3v) is 2.35. The summed E-state index contributed by atoms with van der Waals surface area (Å²) in [4.78, 5) is 10.1. The van der Waals surface area contributed by atoms with Gasteiger partial charge in [0.15, 0.2) is 11.5 Å². The summed E-state index contributed by atoms with van der Waals surface area (Å²) >= 11 is 0. The van der Waals surface area contributed by atoms with Crippen LogP contribution in [0.25, 0.3) is 0 Å². The van der Waals surface area contributed by atoms with Gasteiger partial charge in [0.05, 0.1) is 6.10 Å². The van der Waals surface area contributed by atoms with E-state index in [4.69, 9.17) is 9.47 Å². The molecule has 0 spiro atoms. The fourth-order valence-corrected chi connectivity index (χ4v) is 1.54. The summed E-state index contributed by atoms with van der Waals surface area (Å²) in [7, 11) is 0. The minimum Gasteiger partial charge on any atom is -0.486 e. The first-order valence-corrected chi connectivity index (χ1v) is 5.06. The van der Waals surface area contributed by atoms with E-state index in [9.17, 15) is 9.90 Å². The van der Waals surface area contributed by atoms with Crippen LogP contribution in [0.3, 0.4) is 0 Å². The van der Waals surface area contributed by atoms with Crippen LogP contribution >= 0.6 is 0 Å². The lowest BCUT2D eigenvalue weighted by atomic mass is 10.1. The van der Waals surface area contributed by atoms with Gasteiger partial charge in [-0.1, -0.05) is 6.07 Å². The molecule has 1 aliphatic rings. The molecule has 0 bridgehead atoms. The maximum atomic E-state index is 10.1. The molecule has 2 N–H and O–H groups in total. The Balaban J connectivity index is 2.13. The molecule has 1 amide bonds. The van der Waals surface area contributed by atoms with Crippen LogP contribution in [0.5, 0.6) is 11.5 Å². The number of hydrogen-bond acceptors (Lipinski definition) is 4. The lowest BCUT2D eigenvalue weighted by Crippen LogP contribution is -2.20. The van der Waals surface area contributed by atoms with Gasteiger partial charge in [-0.2, -0.15) is 0 Å². The fourth-order valence-electron chi connectivity index (χ4n) is 1.54. The highest BCUT2D eigenvalue weighted by Gasteiger charge is 2.14. The number of benzene rings is 1. The molecule has 0 radical (unpaired) electrons. The molecule has 1 aromatic carbocycles. The molecule has 1 heterocycles. The summed E-state index contributed by atoms with van der Waals surface area (Å²) in [5.41, 5.74) is 0.693. The second-order valence-corrected chi connectivity index (χ2v) is 3.44. The van der Waals surface area contributed by atoms with Gasteiger partial charge in [0.25, 0.3) is 0 Å². The van der Waals surface area contributed by atoms with Crippen molar-refractivity contribution in [3.8, 4) is 11.5 Å². The van der Waals surface area contributed by atoms with Gasteiger partial charge >= 0.3 is 0 Å². The van der Waals surface area contributed by atoms with Crippen molar-refractivity contribution in [3.63, 3.8) is 0 Å². The second kappa shape index (κ2) is 4.85. The third-order valence-electron chi connectivity index (χ3n) is 2.35. The van der Waals surface area contributed by atoms with Crippen molar-refractivity contribution in [2.24, 2.45) is 0 Å². The van der Waals surface area contributed by atoms with Crippen molar-refractivity contribution in [2.75, 3.05) is 19.8 Å². The number of carbonyl (C=O) groups is 1. The summed E-state index contributed by atoms with van der Waals surface area (Å²) in [6.07, 6.45) is -0.178. The Labute approximate surface area is 93.0 Å². The number of amides is 1. The molecule has 0 aromatic heterocycles. The normalized spacial score (nSPS) is 15.3. The van der Waals surface area contributed by atoms with Gasteiger partial charge in [0.1, 0.15) is 13.2 Å². The van der Waals surface area contributed by atoms with Gasteiger partial charge < -0.3 is 19.9 Å². The summed E-state index contributed by atoms with van der Waals surface area (Å²) in [5, 5.41) is 12.2. The molecular formula is C11H13NO4. The van der Waals surface area contributed by atoms with Crippen LogP contribution in [0.15, 0.2) is 18.2 Å². The van der Waals surface area contributed by atoms with Crippen LogP contribution in [0.2, 0.25) is 0 Å². The van der Waals surface area contributed by atoms with Crippen LogP contribution in [0.1, 0.15) is 11.7 Å². The van der Waals surface area contributed by atoms with E-state index in [1.165, 1.54) is 0 Å². The minimum atomic E-state index is -0.735. The largest absolute Gasteiger partial charge is 0.486 e. The number of carbonyl (C=O) groups excluding carboxylic acids is 1. The molecule has 0 saturated carbocycles. The zero-order valence-electron chi connectivity index (χ0n) is 8.68. The smallest absolute Gasteiger partial charge is 0.207 e. The second-order valence-electron chi connectivity index (χ2n) is 3.44. The molecule has 86 valence electrons. The predicted octanol–water partition coefficient (Wildman–Crippen LogP) is 0.237. The average molecular weight is 223 g/mol. The zero-order valence-corrected chi connectivity index (χ0v) is 8.68. The molecule has 1 unspecified atom stereocenters. The molecule has 1 atom stereocenters. The lowest BCUT2D eigenvalue weighted by molar-refractivity contribution is -0.109. The molecule has 16 heavy (non-hydrogen) atoms. The van der Waals surface area contributed by atoms with Gasteiger partial charge in [0.2, 0.25) is 6.41 Å². The lowest BCUT2D eigenvalue weighted by Gasteiger charge is -2.20. The highest BCUT2D eigenvalue weighted by Crippen LogP contribution is 2.32. The van der Waals surface area contributed by atoms with Crippen molar-refractivity contribution in [3.05, 3.63) is 23.8 Å². The number of aliphatic hydroxyl groups is 1. The maximum Gasteiger partial charge on any atom is 0.207 e. The number of aliphatic hydroxyl groups excluding tert-OH is 1. The topological polar surface area (TPSA) is 67.8 Å². The first-order chi connectivity index (χ1) is 7.81. The Morgan fingerprint density at radius 1 is 1.38 bits per heavy atom. The van der Waals surface area contributed by atoms with E-state index in [0.717, 1.165) is 0 Å². The number of fused-ring (bicyclic) bond motifs is 1. The zero-order chi connectivity index (χ0) is 11.4. The Morgan fingerprint density at radius 3 is 2.88 bits per heavy atom. The minimum absolute atomic E-state index is 0.184. The van der Waals surface area contributed by atoms with Crippen molar-refractivity contribution >= 4 is 6.41 Å². The van der Waals surface area contributed by atoms with Crippen molar-refractivity contribution in [1.29, 1.82) is 0 Å². The number of rotatable bonds is 4. The third kappa shape index (κ3) is 2.25. The van der Waals surface area contributed by atoms with Crippen LogP contribution < -0.4 is 14.8 Å². The van der Waals surface area contributed by atoms with Crippen molar-refractivity contribution in [2.45, 2.75) is 6.10 Å². The van der Waals surface area contributed by atoms with E-state index in [0.29, 0.717) is 36.7 Å². The SMILES string of the molecule is O=CNCC(O)c1ccc2c(c1)OCCO2. The van der Waals surface area contributed by atoms with Crippen LogP contribution in [-0.2, 0) is 4.79 Å². The molecule has 0 aliphatic carbocycles. The molecule has 0 fully saturated rings. The number of ether oxygens (including phenoxy) is 2. The average Bonchev–Trinajstić information content (AvgIpc) is 2.35. The molecule has 1 aromatic rings. The standard InChI is InChI=1S/C11H13NO4/c13-7-12-6-9(14)8-1-2-10-11(5-8)16-4-3-15-10/h1-2,5,7,9,14H,3-4,6H2,(H,12,13). The van der Waals surface area contributed by atoms with Crippen molar-refractivity contribution < 1.29 is 19.4 Å². The molecule has 5 heteroatoms. The predicted molar refractivity (Wildman–Crippen MR) is 56.5 cm³/mol. The van der Waals surface area contributed by atoms with Gasteiger partial charge in [0, 0.05) is 6.54 Å². The van der Waals surface area contributed by atoms with Gasteiger partial charge in [-0.25, -0.2) is 0 Å². The van der Waals surface area contributed by atoms with E-state index in [-0.39, 0.29) is 6.54 Å². The molecule has 1 aliphatic heterocycles. The summed E-state index contributed by atoms with van der Waals surface area (Å²) in [5.74, 6) is 1.32. The quantitative estimate of drug-likeness (QED) is 0.717. The summed E-state index contributed by atoms with van der Waals surface area (Å²) < 4.78 is 10.8. The first-order valence-electron chi connectivity index (χ1n) is 5.06. The van der Waals surface area contributed by atoms with Crippen LogP contribution in [0.4, 0.5) is 0 Å². The van der Waals surface area contributed by atoms with E-state index < -0.39 is 6.10 Å². The Bertz CT molecular complexity index is 380. The molecule has 5 nitrogen and oxygen atoms in total. The molecule has 0 saturated heterocycles. The monoisotopic (exact) mass is 223 g/mol. The first kappa shape index (κ1) is 10.8. The van der Waals surface area contributed by atoms with Gasteiger partial charge in [-0.15, -0.1) is 0 Å². The van der Waals surface area contributed by atoms with Gasteiger partial charge in [-0.05, 0) is 17.7 Å². The van der Waals surface area contributed by atoms with Gasteiger partial charge in [-0.3, -0.25) is 4.79 Å². The number of hydrogen-bond donors (Lipinski definition) is 2. The molecular weight excluding hydrogens is 210 g/mol. The van der Waals surface area contributed by atoms with E-state index in [2.05, 4.69) is 5.32 Å². The van der Waals surface area contributed by atoms with E-state index in [1.807, 2.05) is 0 Å². The Kier molecular flexibility index (Phi) is 3.26. The van der Waals surface area contributed by atoms with Crippen molar-refractivity contribution in [1.82, 2.24) is 5.32 Å². The highest BCUT2D eigenvalue weighted by atomic mass is 16.6. The number of nitrogens with one attached hydrogen (secondary N) is 1. The van der Waals surface area contributed by atoms with E-state index >= 15 is 0 Å². The van der Waals surface area contributed by atoms with Crippen LogP contribution in [0, 0.1) is 0 Å². The van der Waals surface area contributed by atoms with Crippen LogP contribution in [-0.4, -0.2) is 31.3 Å². The summed E-state index contributed by atoms with van der Waals surface area (Å²) in [6.45, 7) is 1.24. The Hall–Kier alpha value is -1.75. The summed E-state index contributed by atoms with van der Waals surface area (Å²) in [6, 6.07) is 5.24. The molecule has 2 rings (SSSR count). The fraction of sp³-hybridized carbons (Fsp3) is 0.364. The highest BCUT2D eigenvalue weighted by molar-refractivity contribution is 5.47. The van der Waals surface area contributed by atoms with E-state index in [1.54, 1.807) is 18.2 Å². The Morgan fingerprint density at radius 2 is 2.12 bits per heavy atom.